The Bertz CT molecular complexity index is 1090. The normalized spacial score (nSPS) is 17.8. The van der Waals surface area contributed by atoms with E-state index in [0.29, 0.717) is 55.6 Å². The average Bonchev–Trinajstić information content (AvgIpc) is 3.22. The number of ether oxygens (including phenoxy) is 1. The molecule has 33 heavy (non-hydrogen) atoms. The zero-order chi connectivity index (χ0) is 22.7. The molecule has 2 aromatic rings. The predicted molar refractivity (Wildman–Crippen MR) is 126 cm³/mol. The Balaban J connectivity index is 0.00000306. The van der Waals surface area contributed by atoms with E-state index in [1.54, 1.807) is 20.0 Å². The van der Waals surface area contributed by atoms with Gasteiger partial charge in [0.05, 0.1) is 19.8 Å². The topological polar surface area (TPSA) is 125 Å². The van der Waals surface area contributed by atoms with E-state index >= 15 is 0 Å². The van der Waals surface area contributed by atoms with Crippen LogP contribution in [0, 0.1) is 5.41 Å². The van der Waals surface area contributed by atoms with Gasteiger partial charge in [0.2, 0.25) is 5.91 Å². The number of carbonyl (C=O) groups is 1. The van der Waals surface area contributed by atoms with Crippen LogP contribution in [0.15, 0.2) is 35.8 Å². The second-order valence-electron chi connectivity index (χ2n) is 8.27. The number of hydrogen-bond acceptors (Lipinski definition) is 6. The van der Waals surface area contributed by atoms with Crippen LogP contribution in [0.1, 0.15) is 26.0 Å². The Morgan fingerprint density at radius 3 is 2.70 bits per heavy atom. The van der Waals surface area contributed by atoms with Gasteiger partial charge < -0.3 is 31.1 Å². The minimum absolute atomic E-state index is 0. The molecule has 2 aromatic heterocycles. The van der Waals surface area contributed by atoms with E-state index in [9.17, 15) is 4.79 Å². The SMILES string of the molecule is CC(=N)/C(C)=C(\N)[N-]c1cnc2[nH]c(C3=CCN(C(=O)CN4CCOCC4)CC3)cc2c1.[K+]. The summed E-state index contributed by atoms with van der Waals surface area (Å²) in [5.41, 5.74) is 10.7. The van der Waals surface area contributed by atoms with Gasteiger partial charge in [-0.2, -0.15) is 0 Å². The summed E-state index contributed by atoms with van der Waals surface area (Å²) in [6, 6.07) is 4.00. The molecule has 0 atom stereocenters. The summed E-state index contributed by atoms with van der Waals surface area (Å²) in [5, 5.41) is 13.0. The largest absolute Gasteiger partial charge is 1.00 e. The Hall–Kier alpha value is -1.53. The van der Waals surface area contributed by atoms with Crippen molar-refractivity contribution in [2.45, 2.75) is 20.3 Å². The molecule has 1 fully saturated rings. The molecule has 1 amide bonds. The second kappa shape index (κ2) is 11.7. The van der Waals surface area contributed by atoms with Crippen molar-refractivity contribution >= 4 is 33.9 Å². The number of hydrogen-bond donors (Lipinski definition) is 3. The minimum Gasteiger partial charge on any atom is -0.494 e. The van der Waals surface area contributed by atoms with Crippen molar-refractivity contribution in [2.24, 2.45) is 5.73 Å². The third-order valence-electron chi connectivity index (χ3n) is 6.02. The maximum absolute atomic E-state index is 12.6. The molecule has 4 heterocycles. The van der Waals surface area contributed by atoms with Gasteiger partial charge in [-0.3, -0.25) is 9.69 Å². The number of morpholine rings is 1. The summed E-state index contributed by atoms with van der Waals surface area (Å²) in [4.78, 5) is 24.5. The summed E-state index contributed by atoms with van der Waals surface area (Å²) in [6.45, 7) is 8.30. The Kier molecular flexibility index (Phi) is 9.28. The van der Waals surface area contributed by atoms with Crippen molar-refractivity contribution < 1.29 is 60.9 Å². The first kappa shape index (κ1) is 26.1. The van der Waals surface area contributed by atoms with Gasteiger partial charge in [-0.15, -0.1) is 0 Å². The average molecular weight is 476 g/mol. The molecule has 0 bridgehead atoms. The van der Waals surface area contributed by atoms with Crippen LogP contribution in [0.25, 0.3) is 21.9 Å². The summed E-state index contributed by atoms with van der Waals surface area (Å²) < 4.78 is 5.35. The predicted octanol–water partition coefficient (Wildman–Crippen LogP) is -0.250. The zero-order valence-corrected chi connectivity index (χ0v) is 22.8. The van der Waals surface area contributed by atoms with E-state index in [1.165, 1.54) is 5.57 Å². The molecule has 0 spiro atoms. The number of H-pyrrole nitrogens is 1. The van der Waals surface area contributed by atoms with Gasteiger partial charge in [0, 0.05) is 49.2 Å². The van der Waals surface area contributed by atoms with Gasteiger partial charge >= 0.3 is 51.4 Å². The van der Waals surface area contributed by atoms with E-state index in [1.807, 2.05) is 11.0 Å². The van der Waals surface area contributed by atoms with Crippen LogP contribution in [-0.4, -0.2) is 77.3 Å². The zero-order valence-electron chi connectivity index (χ0n) is 19.6. The first-order chi connectivity index (χ1) is 15.4. The van der Waals surface area contributed by atoms with Gasteiger partial charge in [0.1, 0.15) is 5.65 Å². The molecule has 170 valence electrons. The molecule has 4 N–H and O–H groups in total. The molecule has 0 aromatic carbocycles. The van der Waals surface area contributed by atoms with Gasteiger partial charge in [-0.05, 0) is 49.2 Å². The first-order valence-corrected chi connectivity index (χ1v) is 10.9. The van der Waals surface area contributed by atoms with Crippen LogP contribution in [-0.2, 0) is 9.53 Å². The van der Waals surface area contributed by atoms with Crippen molar-refractivity contribution in [1.82, 2.24) is 19.8 Å². The molecule has 10 heteroatoms. The number of amides is 1. The van der Waals surface area contributed by atoms with Gasteiger partial charge in [0.15, 0.2) is 0 Å². The monoisotopic (exact) mass is 475 g/mol. The quantitative estimate of drug-likeness (QED) is 0.392. The number of nitrogens with zero attached hydrogens (tertiary/aromatic N) is 4. The fraction of sp³-hybridized carbons (Fsp3) is 0.435. The number of carbonyl (C=O) groups excluding carboxylic acids is 1. The second-order valence-corrected chi connectivity index (χ2v) is 8.27. The summed E-state index contributed by atoms with van der Waals surface area (Å²) >= 11 is 0. The van der Waals surface area contributed by atoms with Gasteiger partial charge in [-0.1, -0.05) is 11.9 Å². The number of aromatic nitrogens is 2. The minimum atomic E-state index is 0. The Labute approximate surface area is 236 Å². The van der Waals surface area contributed by atoms with Crippen molar-refractivity contribution in [3.8, 4) is 0 Å². The number of pyridine rings is 1. The molecule has 2 aliphatic heterocycles. The third-order valence-corrected chi connectivity index (χ3v) is 6.02. The number of nitrogens with two attached hydrogens (primary N) is 1. The van der Waals surface area contributed by atoms with Crippen LogP contribution >= 0.6 is 0 Å². The molecule has 1 saturated heterocycles. The molecule has 0 saturated carbocycles. The van der Waals surface area contributed by atoms with E-state index in [-0.39, 0.29) is 57.3 Å². The van der Waals surface area contributed by atoms with Gasteiger partial charge in [-0.25, -0.2) is 4.98 Å². The molecular weight excluding hydrogens is 445 g/mol. The van der Waals surface area contributed by atoms with E-state index in [0.717, 1.165) is 36.2 Å². The molecule has 9 nitrogen and oxygen atoms in total. The maximum atomic E-state index is 12.6. The smallest absolute Gasteiger partial charge is 0.494 e. The molecule has 0 unspecified atom stereocenters. The number of aromatic amines is 1. The fourth-order valence-corrected chi connectivity index (χ4v) is 3.84. The molecule has 0 radical (unpaired) electrons. The van der Waals surface area contributed by atoms with E-state index < -0.39 is 0 Å². The first-order valence-electron chi connectivity index (χ1n) is 10.9. The molecule has 2 aliphatic rings. The molecule has 4 rings (SSSR count). The van der Waals surface area contributed by atoms with Crippen molar-refractivity contribution in [2.75, 3.05) is 45.9 Å². The van der Waals surface area contributed by atoms with Crippen molar-refractivity contribution in [3.63, 3.8) is 0 Å². The summed E-state index contributed by atoms with van der Waals surface area (Å²) in [7, 11) is 0. The van der Waals surface area contributed by atoms with Crippen LogP contribution in [0.5, 0.6) is 0 Å². The van der Waals surface area contributed by atoms with Crippen LogP contribution < -0.4 is 57.1 Å². The van der Waals surface area contributed by atoms with Crippen molar-refractivity contribution in [1.29, 1.82) is 5.41 Å². The Morgan fingerprint density at radius 1 is 1.27 bits per heavy atom. The molecular formula is C23H30KN7O2. The van der Waals surface area contributed by atoms with E-state index in [2.05, 4.69) is 32.3 Å². The Morgan fingerprint density at radius 2 is 2.03 bits per heavy atom. The van der Waals surface area contributed by atoms with E-state index in [4.69, 9.17) is 15.9 Å². The third kappa shape index (κ3) is 6.53. The number of nitrogens with one attached hydrogen (secondary N) is 2. The van der Waals surface area contributed by atoms with Crippen molar-refractivity contribution in [3.05, 3.63) is 46.8 Å². The number of fused-ring (bicyclic) bond motifs is 1. The maximum Gasteiger partial charge on any atom is 1.00 e. The van der Waals surface area contributed by atoms with Crippen LogP contribution in [0.2, 0.25) is 0 Å². The number of allylic oxidation sites excluding steroid dienone is 1. The fourth-order valence-electron chi connectivity index (χ4n) is 3.84. The summed E-state index contributed by atoms with van der Waals surface area (Å²) in [5.74, 6) is 0.499. The van der Waals surface area contributed by atoms with Gasteiger partial charge in [0.25, 0.3) is 0 Å². The number of rotatable bonds is 6. The standard InChI is InChI=1S/C23H30N7O2.K/c1-15(16(2)24)22(25)27-19-11-18-12-20(28-23(18)26-13-19)17-3-5-30(6-4-17)21(31)14-29-7-9-32-10-8-29;/h3,11-13H,4-10,14H2,1-2H3,(H4-,24,25,26,27,28);/q-1;+1. The summed E-state index contributed by atoms with van der Waals surface area (Å²) in [6.07, 6.45) is 4.59. The van der Waals surface area contributed by atoms with Crippen LogP contribution in [0.3, 0.4) is 0 Å². The van der Waals surface area contributed by atoms with Crippen LogP contribution in [0.4, 0.5) is 5.69 Å². The molecule has 0 aliphatic carbocycles.